The fourth-order valence-electron chi connectivity index (χ4n) is 3.76. The molecule has 0 aliphatic carbocycles. The van der Waals surface area contributed by atoms with E-state index in [-0.39, 0.29) is 36.1 Å². The lowest BCUT2D eigenvalue weighted by atomic mass is 10.00. The first-order valence-corrected chi connectivity index (χ1v) is 10.9. The van der Waals surface area contributed by atoms with Crippen molar-refractivity contribution in [1.82, 2.24) is 15.5 Å². The number of carbonyl (C=O) groups is 3. The topological polar surface area (TPSA) is 78.5 Å². The van der Waals surface area contributed by atoms with E-state index in [1.807, 2.05) is 62.4 Å². The number of amides is 3. The summed E-state index contributed by atoms with van der Waals surface area (Å²) in [7, 11) is 0. The van der Waals surface area contributed by atoms with Crippen LogP contribution in [0.2, 0.25) is 0 Å². The van der Waals surface area contributed by atoms with Crippen LogP contribution in [0.4, 0.5) is 0 Å². The molecule has 0 saturated carbocycles. The van der Waals surface area contributed by atoms with Crippen LogP contribution < -0.4 is 10.6 Å². The number of carbonyl (C=O) groups excluding carboxylic acids is 3. The second-order valence-corrected chi connectivity index (χ2v) is 8.35. The van der Waals surface area contributed by atoms with Gasteiger partial charge in [-0.1, -0.05) is 62.4 Å². The summed E-state index contributed by atoms with van der Waals surface area (Å²) in [4.78, 5) is 39.7. The number of rotatable bonds is 7. The fourth-order valence-corrected chi connectivity index (χ4v) is 3.76. The largest absolute Gasteiger partial charge is 0.351 e. The number of piperidine rings is 1. The van der Waals surface area contributed by atoms with Gasteiger partial charge >= 0.3 is 0 Å². The Bertz CT molecular complexity index is 883. The smallest absolute Gasteiger partial charge is 0.251 e. The third-order valence-electron chi connectivity index (χ3n) is 5.57. The lowest BCUT2D eigenvalue weighted by Gasteiger charge is -2.34. The van der Waals surface area contributed by atoms with Crippen molar-refractivity contribution < 1.29 is 14.4 Å². The number of likely N-dealkylation sites (tertiary alicyclic amines) is 1. The van der Waals surface area contributed by atoms with Gasteiger partial charge in [0.15, 0.2) is 0 Å². The summed E-state index contributed by atoms with van der Waals surface area (Å²) >= 11 is 0. The quantitative estimate of drug-likeness (QED) is 0.720. The zero-order valence-corrected chi connectivity index (χ0v) is 18.2. The summed E-state index contributed by atoms with van der Waals surface area (Å²) in [5.41, 5.74) is 1.45. The summed E-state index contributed by atoms with van der Waals surface area (Å²) in [6.45, 7) is 4.90. The molecule has 164 valence electrons. The van der Waals surface area contributed by atoms with Crippen LogP contribution in [0.1, 0.15) is 55.1 Å². The fraction of sp³-hybridized carbons (Fsp3) is 0.400. The molecule has 31 heavy (non-hydrogen) atoms. The zero-order chi connectivity index (χ0) is 22.2. The Morgan fingerprint density at radius 1 is 1.00 bits per heavy atom. The van der Waals surface area contributed by atoms with Gasteiger partial charge in [-0.25, -0.2) is 0 Å². The minimum atomic E-state index is -0.424. The van der Waals surface area contributed by atoms with E-state index in [1.54, 1.807) is 17.0 Å². The molecule has 0 bridgehead atoms. The molecule has 1 saturated heterocycles. The molecule has 2 aromatic carbocycles. The molecular weight excluding hydrogens is 390 g/mol. The number of nitrogens with one attached hydrogen (secondary N) is 2. The van der Waals surface area contributed by atoms with E-state index in [1.165, 1.54) is 0 Å². The van der Waals surface area contributed by atoms with E-state index in [0.717, 1.165) is 18.4 Å². The number of benzene rings is 2. The number of hydrogen-bond donors (Lipinski definition) is 2. The van der Waals surface area contributed by atoms with Gasteiger partial charge in [-0.3, -0.25) is 14.4 Å². The first kappa shape index (κ1) is 22.5. The molecule has 0 aromatic heterocycles. The number of nitrogens with zero attached hydrogens (tertiary/aromatic N) is 1. The van der Waals surface area contributed by atoms with Crippen molar-refractivity contribution in [2.75, 3.05) is 13.1 Å². The Hall–Kier alpha value is -3.15. The van der Waals surface area contributed by atoms with Crippen molar-refractivity contribution in [1.29, 1.82) is 0 Å². The van der Waals surface area contributed by atoms with Crippen molar-refractivity contribution in [3.8, 4) is 0 Å². The third kappa shape index (κ3) is 6.41. The molecule has 3 rings (SSSR count). The molecule has 1 aliphatic rings. The molecule has 0 spiro atoms. The highest BCUT2D eigenvalue weighted by Crippen LogP contribution is 2.21. The normalized spacial score (nSPS) is 17.1. The second-order valence-electron chi connectivity index (χ2n) is 8.35. The average molecular weight is 422 g/mol. The Kier molecular flexibility index (Phi) is 7.82. The summed E-state index contributed by atoms with van der Waals surface area (Å²) in [6.07, 6.45) is 1.89. The first-order chi connectivity index (χ1) is 14.9. The zero-order valence-electron chi connectivity index (χ0n) is 18.2. The van der Waals surface area contributed by atoms with Gasteiger partial charge in [0.05, 0.1) is 12.5 Å². The Balaban J connectivity index is 1.68. The Morgan fingerprint density at radius 3 is 2.29 bits per heavy atom. The minimum Gasteiger partial charge on any atom is -0.351 e. The van der Waals surface area contributed by atoms with E-state index < -0.39 is 6.04 Å². The summed E-state index contributed by atoms with van der Waals surface area (Å²) in [6, 6.07) is 18.1. The predicted molar refractivity (Wildman–Crippen MR) is 120 cm³/mol. The lowest BCUT2D eigenvalue weighted by molar-refractivity contribution is -0.134. The molecule has 2 atom stereocenters. The van der Waals surface area contributed by atoms with E-state index in [2.05, 4.69) is 10.6 Å². The van der Waals surface area contributed by atoms with Crippen molar-refractivity contribution >= 4 is 17.7 Å². The van der Waals surface area contributed by atoms with Gasteiger partial charge < -0.3 is 15.5 Å². The molecule has 0 radical (unpaired) electrons. The number of hydrogen-bond acceptors (Lipinski definition) is 3. The van der Waals surface area contributed by atoms with Crippen LogP contribution in [-0.2, 0) is 9.59 Å². The molecule has 3 amide bonds. The molecule has 1 heterocycles. The molecule has 6 nitrogen and oxygen atoms in total. The maximum Gasteiger partial charge on any atom is 0.251 e. The Labute approximate surface area is 184 Å². The van der Waals surface area contributed by atoms with Crippen LogP contribution in [0, 0.1) is 5.92 Å². The first-order valence-electron chi connectivity index (χ1n) is 10.9. The van der Waals surface area contributed by atoms with Gasteiger partial charge in [0.25, 0.3) is 5.91 Å². The third-order valence-corrected chi connectivity index (χ3v) is 5.57. The molecular formula is C25H31N3O3. The molecule has 1 fully saturated rings. The van der Waals surface area contributed by atoms with E-state index in [4.69, 9.17) is 0 Å². The maximum absolute atomic E-state index is 13.1. The van der Waals surface area contributed by atoms with Gasteiger partial charge in [-0.15, -0.1) is 0 Å². The average Bonchev–Trinajstić information content (AvgIpc) is 2.79. The standard InChI is InChI=1S/C25H31N3O3/c1-18(2)24(30)26-21-14-9-15-28(17-21)23(29)16-22(19-10-5-3-6-11-19)27-25(31)20-12-7-4-8-13-20/h3-8,10-13,18,21-22H,9,14-17H2,1-2H3,(H,26,30)(H,27,31). The van der Waals surface area contributed by atoms with Crippen LogP contribution in [-0.4, -0.2) is 41.8 Å². The Morgan fingerprint density at radius 2 is 1.65 bits per heavy atom. The van der Waals surface area contributed by atoms with Crippen LogP contribution in [0.5, 0.6) is 0 Å². The summed E-state index contributed by atoms with van der Waals surface area (Å²) in [5, 5.41) is 6.06. The maximum atomic E-state index is 13.1. The van der Waals surface area contributed by atoms with Crippen molar-refractivity contribution in [3.63, 3.8) is 0 Å². The highest BCUT2D eigenvalue weighted by atomic mass is 16.2. The SMILES string of the molecule is CC(C)C(=O)NC1CCCN(C(=O)CC(NC(=O)c2ccccc2)c2ccccc2)C1. The van der Waals surface area contributed by atoms with Gasteiger partial charge in [0.1, 0.15) is 0 Å². The van der Waals surface area contributed by atoms with Gasteiger partial charge in [-0.2, -0.15) is 0 Å². The minimum absolute atomic E-state index is 0.0107. The van der Waals surface area contributed by atoms with Crippen LogP contribution in [0.3, 0.4) is 0 Å². The monoisotopic (exact) mass is 421 g/mol. The highest BCUT2D eigenvalue weighted by molar-refractivity contribution is 5.94. The van der Waals surface area contributed by atoms with Crippen LogP contribution in [0.25, 0.3) is 0 Å². The van der Waals surface area contributed by atoms with Gasteiger partial charge in [-0.05, 0) is 30.5 Å². The molecule has 2 unspecified atom stereocenters. The molecule has 2 aromatic rings. The van der Waals surface area contributed by atoms with Crippen LogP contribution in [0.15, 0.2) is 60.7 Å². The molecule has 1 aliphatic heterocycles. The highest BCUT2D eigenvalue weighted by Gasteiger charge is 2.28. The van der Waals surface area contributed by atoms with Gasteiger partial charge in [0.2, 0.25) is 11.8 Å². The van der Waals surface area contributed by atoms with E-state index in [9.17, 15) is 14.4 Å². The van der Waals surface area contributed by atoms with Crippen molar-refractivity contribution in [2.45, 2.75) is 45.2 Å². The summed E-state index contributed by atoms with van der Waals surface area (Å²) < 4.78 is 0. The lowest BCUT2D eigenvalue weighted by Crippen LogP contribution is -2.50. The van der Waals surface area contributed by atoms with Crippen molar-refractivity contribution in [2.24, 2.45) is 5.92 Å². The van der Waals surface area contributed by atoms with Gasteiger partial charge in [0, 0.05) is 30.6 Å². The molecule has 2 N–H and O–H groups in total. The van der Waals surface area contributed by atoms with E-state index >= 15 is 0 Å². The van der Waals surface area contributed by atoms with Crippen molar-refractivity contribution in [3.05, 3.63) is 71.8 Å². The van der Waals surface area contributed by atoms with Crippen LogP contribution >= 0.6 is 0 Å². The molecule has 6 heteroatoms. The summed E-state index contributed by atoms with van der Waals surface area (Å²) in [5.74, 6) is -0.299. The van der Waals surface area contributed by atoms with E-state index in [0.29, 0.717) is 18.7 Å². The second kappa shape index (κ2) is 10.8. The predicted octanol–water partition coefficient (Wildman–Crippen LogP) is 3.31.